The second kappa shape index (κ2) is 30.1. The molecule has 75 heavy (non-hydrogen) atoms. The number of hydrogen-bond acceptors (Lipinski definition) is 11. The van der Waals surface area contributed by atoms with Crippen LogP contribution < -0.4 is 15.5 Å². The number of likely N-dealkylation sites (tertiary alicyclic amines) is 1. The number of aldehydes is 1. The maximum absolute atomic E-state index is 14.7. The number of amides is 7. The van der Waals surface area contributed by atoms with Gasteiger partial charge >= 0.3 is 0 Å². The largest absolute Gasteiger partial charge is 0.379 e. The maximum atomic E-state index is 14.7. The fraction of sp³-hybridized carbons (Fsp3) is 0.621. The van der Waals surface area contributed by atoms with Crippen LogP contribution in [0.15, 0.2) is 66.7 Å². The molecule has 1 fully saturated rings. The van der Waals surface area contributed by atoms with Crippen LogP contribution in [0.3, 0.4) is 0 Å². The Morgan fingerprint density at radius 2 is 1.45 bits per heavy atom. The number of unbranched alkanes of at least 4 members (excludes halogenated alkanes) is 2. The number of carbonyl (C=O) groups excluding carboxylic acids is 8. The lowest BCUT2D eigenvalue weighted by Gasteiger charge is -2.41. The Kier molecular flexibility index (Phi) is 24.8. The second-order valence-corrected chi connectivity index (χ2v) is 21.3. The highest BCUT2D eigenvalue weighted by atomic mass is 16.5. The van der Waals surface area contributed by atoms with Crippen LogP contribution >= 0.6 is 0 Å². The topological polar surface area (TPSA) is 195 Å². The summed E-state index contributed by atoms with van der Waals surface area (Å²) in [5.41, 5.74) is 2.72. The summed E-state index contributed by atoms with van der Waals surface area (Å²) in [5, 5.41) is 6.00. The molecule has 2 aliphatic heterocycles. The Hall–Kier alpha value is -5.78. The van der Waals surface area contributed by atoms with Crippen molar-refractivity contribution in [1.82, 2.24) is 30.2 Å². The fourth-order valence-corrected chi connectivity index (χ4v) is 10.6. The molecule has 17 nitrogen and oxygen atoms in total. The van der Waals surface area contributed by atoms with Gasteiger partial charge in [-0.25, -0.2) is 0 Å². The van der Waals surface area contributed by atoms with Crippen molar-refractivity contribution in [2.45, 2.75) is 155 Å². The standard InChI is InChI=1S/C58H87N7O10/c1-13-40(6)54(47(74-11)36-51(70)64-33-20-23-46(64)55(75-12)41(7)56(71)59-44(37-66)35-43-21-16-14-17-22-43)63(10)58(73)52(38(2)3)60-57(72)53(39(4)5)61(8)34-31-42-25-27-45(28-26-42)62(9)48(67)24-18-15-19-32-65-49(68)29-30-50(65)69/h14,16-17,21-22,25-30,37-41,44,46-47,52-55H,13,15,18-20,23-24,31-36H2,1-12H3,(H,59,71)(H,60,72). The number of ether oxygens (including phenoxy) is 2. The first-order valence-corrected chi connectivity index (χ1v) is 27.0. The molecule has 0 aromatic heterocycles. The molecule has 17 heteroatoms. The van der Waals surface area contributed by atoms with Gasteiger partial charge in [0.05, 0.1) is 48.7 Å². The molecule has 9 unspecified atom stereocenters. The average Bonchev–Trinajstić information content (AvgIpc) is 4.01. The zero-order chi connectivity index (χ0) is 55.5. The smallest absolute Gasteiger partial charge is 0.253 e. The molecule has 0 saturated carbocycles. The summed E-state index contributed by atoms with van der Waals surface area (Å²) in [6.07, 6.45) is 7.31. The number of carbonyl (C=O) groups is 8. The van der Waals surface area contributed by atoms with Crippen molar-refractivity contribution in [3.8, 4) is 0 Å². The van der Waals surface area contributed by atoms with Crippen molar-refractivity contribution < 1.29 is 47.8 Å². The first-order chi connectivity index (χ1) is 35.7. The molecule has 2 aromatic carbocycles. The molecule has 0 aliphatic carbocycles. The molecule has 2 heterocycles. The van der Waals surface area contributed by atoms with Crippen molar-refractivity contribution in [3.63, 3.8) is 0 Å². The van der Waals surface area contributed by atoms with Crippen molar-refractivity contribution in [3.05, 3.63) is 77.9 Å². The number of nitrogens with one attached hydrogen (secondary N) is 2. The van der Waals surface area contributed by atoms with Crippen LogP contribution in [-0.2, 0) is 60.7 Å². The molecule has 414 valence electrons. The van der Waals surface area contributed by atoms with Gasteiger partial charge in [-0.2, -0.15) is 0 Å². The van der Waals surface area contributed by atoms with Crippen LogP contribution in [0.5, 0.6) is 0 Å². The van der Waals surface area contributed by atoms with Crippen LogP contribution in [-0.4, -0.2) is 165 Å². The minimum atomic E-state index is -0.863. The minimum Gasteiger partial charge on any atom is -0.379 e. The Balaban J connectivity index is 1.36. The molecular weight excluding hydrogens is 955 g/mol. The van der Waals surface area contributed by atoms with Crippen LogP contribution in [0, 0.1) is 23.7 Å². The third-order valence-electron chi connectivity index (χ3n) is 15.3. The molecule has 7 amide bonds. The SMILES string of the molecule is CCC(C)C(C(CC(=O)N1CCCC1C(OC)C(C)C(=O)NC(C=O)Cc1ccccc1)OC)N(C)C(=O)C(NC(=O)C(C(C)C)N(C)CCc1ccc(N(C)C(=O)CCCCCN2C(=O)C=CC2=O)cc1)C(C)C. The summed E-state index contributed by atoms with van der Waals surface area (Å²) >= 11 is 0. The van der Waals surface area contributed by atoms with E-state index in [1.165, 1.54) is 24.2 Å². The first kappa shape index (κ1) is 61.8. The molecule has 2 aromatic rings. The number of nitrogens with zero attached hydrogens (tertiary/aromatic N) is 5. The molecule has 0 spiro atoms. The lowest BCUT2D eigenvalue weighted by Crippen LogP contribution is -2.60. The van der Waals surface area contributed by atoms with E-state index in [0.717, 1.165) is 29.5 Å². The van der Waals surface area contributed by atoms with Crippen molar-refractivity contribution >= 4 is 53.3 Å². The van der Waals surface area contributed by atoms with E-state index in [1.807, 2.05) is 108 Å². The zero-order valence-corrected chi connectivity index (χ0v) is 46.8. The molecular formula is C58H87N7O10. The van der Waals surface area contributed by atoms with Gasteiger partial charge in [0.15, 0.2) is 0 Å². The van der Waals surface area contributed by atoms with E-state index in [2.05, 4.69) is 10.6 Å². The molecule has 1 saturated heterocycles. The number of hydrogen-bond donors (Lipinski definition) is 2. The molecule has 0 radical (unpaired) electrons. The van der Waals surface area contributed by atoms with Crippen molar-refractivity contribution in [2.75, 3.05) is 59.9 Å². The molecule has 9 atom stereocenters. The lowest BCUT2D eigenvalue weighted by atomic mass is 9.89. The highest BCUT2D eigenvalue weighted by Gasteiger charge is 2.43. The van der Waals surface area contributed by atoms with E-state index in [-0.39, 0.29) is 65.5 Å². The Bertz CT molecular complexity index is 2220. The van der Waals surface area contributed by atoms with Gasteiger partial charge in [0.25, 0.3) is 11.8 Å². The number of likely N-dealkylation sites (N-methyl/N-ethyl adjacent to an activating group) is 2. The van der Waals surface area contributed by atoms with Gasteiger partial charge in [-0.1, -0.05) is 104 Å². The van der Waals surface area contributed by atoms with Crippen LogP contribution in [0.1, 0.15) is 111 Å². The maximum Gasteiger partial charge on any atom is 0.253 e. The number of imide groups is 1. The van der Waals surface area contributed by atoms with E-state index in [1.54, 1.807) is 42.8 Å². The lowest BCUT2D eigenvalue weighted by molar-refractivity contribution is -0.148. The third-order valence-corrected chi connectivity index (χ3v) is 15.3. The van der Waals surface area contributed by atoms with Crippen molar-refractivity contribution in [1.29, 1.82) is 0 Å². The fourth-order valence-electron chi connectivity index (χ4n) is 10.6. The highest BCUT2D eigenvalue weighted by molar-refractivity contribution is 6.12. The predicted molar refractivity (Wildman–Crippen MR) is 290 cm³/mol. The van der Waals surface area contributed by atoms with Crippen molar-refractivity contribution in [2.24, 2.45) is 23.7 Å². The van der Waals surface area contributed by atoms with E-state index >= 15 is 0 Å². The zero-order valence-electron chi connectivity index (χ0n) is 46.8. The van der Waals surface area contributed by atoms with E-state index in [9.17, 15) is 38.4 Å². The third kappa shape index (κ3) is 17.1. The van der Waals surface area contributed by atoms with Gasteiger partial charge in [0, 0.05) is 72.2 Å². The van der Waals surface area contributed by atoms with E-state index in [0.29, 0.717) is 71.0 Å². The van der Waals surface area contributed by atoms with Crippen LogP contribution in [0.25, 0.3) is 0 Å². The summed E-state index contributed by atoms with van der Waals surface area (Å²) in [6, 6.07) is 14.2. The van der Waals surface area contributed by atoms with Gasteiger partial charge in [0.2, 0.25) is 29.5 Å². The molecule has 2 N–H and O–H groups in total. The van der Waals surface area contributed by atoms with Gasteiger partial charge in [-0.05, 0) is 86.6 Å². The number of methoxy groups -OCH3 is 2. The number of rotatable bonds is 31. The Labute approximate surface area is 446 Å². The average molecular weight is 1040 g/mol. The van der Waals surface area contributed by atoms with Crippen LogP contribution in [0.2, 0.25) is 0 Å². The van der Waals surface area contributed by atoms with Gasteiger partial charge in [-0.15, -0.1) is 0 Å². The Morgan fingerprint density at radius 1 is 0.800 bits per heavy atom. The highest BCUT2D eigenvalue weighted by Crippen LogP contribution is 2.30. The number of anilines is 1. The summed E-state index contributed by atoms with van der Waals surface area (Å²) < 4.78 is 12.1. The first-order valence-electron chi connectivity index (χ1n) is 27.0. The monoisotopic (exact) mass is 1040 g/mol. The minimum absolute atomic E-state index is 0.0217. The molecule has 4 rings (SSSR count). The molecule has 0 bridgehead atoms. The summed E-state index contributed by atoms with van der Waals surface area (Å²) in [7, 11) is 8.46. The summed E-state index contributed by atoms with van der Waals surface area (Å²) in [6.45, 7) is 15.0. The normalized spacial score (nSPS) is 17.9. The predicted octanol–water partition coefficient (Wildman–Crippen LogP) is 5.62. The number of benzene rings is 2. The van der Waals surface area contributed by atoms with E-state index in [4.69, 9.17) is 9.47 Å². The van der Waals surface area contributed by atoms with E-state index < -0.39 is 48.3 Å². The van der Waals surface area contributed by atoms with Crippen LogP contribution in [0.4, 0.5) is 5.69 Å². The van der Waals surface area contributed by atoms with Gasteiger partial charge in [-0.3, -0.25) is 43.4 Å². The summed E-state index contributed by atoms with van der Waals surface area (Å²) in [4.78, 5) is 114. The summed E-state index contributed by atoms with van der Waals surface area (Å²) in [5.74, 6) is -2.78. The van der Waals surface area contributed by atoms with Gasteiger partial charge < -0.3 is 39.6 Å². The second-order valence-electron chi connectivity index (χ2n) is 21.3. The molecule has 2 aliphatic rings. The Morgan fingerprint density at radius 3 is 2.03 bits per heavy atom. The quantitative estimate of drug-likeness (QED) is 0.0541. The van der Waals surface area contributed by atoms with Gasteiger partial charge in [0.1, 0.15) is 12.3 Å².